The van der Waals surface area contributed by atoms with E-state index in [4.69, 9.17) is 10.5 Å². The van der Waals surface area contributed by atoms with E-state index in [0.717, 1.165) is 51.3 Å². The lowest BCUT2D eigenvalue weighted by molar-refractivity contribution is 0.101. The summed E-state index contributed by atoms with van der Waals surface area (Å²) in [5, 5.41) is 14.8. The summed E-state index contributed by atoms with van der Waals surface area (Å²) < 4.78 is 5.90. The summed E-state index contributed by atoms with van der Waals surface area (Å²) in [6.07, 6.45) is 4.47. The van der Waals surface area contributed by atoms with Crippen molar-refractivity contribution in [1.82, 2.24) is 10.2 Å². The Morgan fingerprint density at radius 1 is 0.930 bits per heavy atom. The summed E-state index contributed by atoms with van der Waals surface area (Å²) in [5.74, 6) is 0.300. The normalized spacial score (nSPS) is 12.4. The zero-order valence-corrected chi connectivity index (χ0v) is 28.1. The molecule has 1 fully saturated rings. The molecule has 1 saturated heterocycles. The van der Waals surface area contributed by atoms with Crippen LogP contribution in [0.25, 0.3) is 0 Å². The number of rotatable bonds is 10. The number of nitrogens with one attached hydrogen (secondary N) is 1. The minimum absolute atomic E-state index is 0.115. The molecule has 7 nitrogen and oxygen atoms in total. The first-order valence-electron chi connectivity index (χ1n) is 15.5. The summed E-state index contributed by atoms with van der Waals surface area (Å²) in [7, 11) is 0. The van der Waals surface area contributed by atoms with E-state index >= 15 is 0 Å². The second kappa shape index (κ2) is 21.5. The fourth-order valence-corrected chi connectivity index (χ4v) is 5.14. The number of aromatic hydroxyl groups is 1. The van der Waals surface area contributed by atoms with Crippen molar-refractivity contribution in [2.45, 2.75) is 74.1 Å². The highest BCUT2D eigenvalue weighted by atomic mass is 32.1. The van der Waals surface area contributed by atoms with Gasteiger partial charge in [-0.1, -0.05) is 46.8 Å². The molecule has 0 saturated carbocycles. The number of Topliss-reactive ketones (excluding diaryl/α,β-unsaturated/α-hetero) is 2. The Morgan fingerprint density at radius 2 is 1.58 bits per heavy atom. The number of nitrogens with two attached hydrogens (primary N) is 1. The number of ketones is 2. The van der Waals surface area contributed by atoms with Gasteiger partial charge in [-0.3, -0.25) is 9.59 Å². The van der Waals surface area contributed by atoms with Crippen molar-refractivity contribution in [2.75, 3.05) is 45.1 Å². The number of phenols is 1. The Morgan fingerprint density at radius 3 is 2.09 bits per heavy atom. The Kier molecular flexibility index (Phi) is 18.9. The number of benzene rings is 2. The van der Waals surface area contributed by atoms with Gasteiger partial charge < -0.3 is 25.8 Å². The Balaban J connectivity index is 0.000000347. The van der Waals surface area contributed by atoms with E-state index in [1.165, 1.54) is 61.5 Å². The molecule has 8 heteroatoms. The number of hydrogen-bond acceptors (Lipinski definition) is 8. The monoisotopic (exact) mass is 611 g/mol. The summed E-state index contributed by atoms with van der Waals surface area (Å²) in [6.45, 7) is 19.8. The number of nitrogens with zero attached hydrogens (tertiary/aromatic N) is 1. The Hall–Kier alpha value is -3.20. The number of anilines is 1. The summed E-state index contributed by atoms with van der Waals surface area (Å²) >= 11 is 1.82. The number of piperazine rings is 1. The van der Waals surface area contributed by atoms with E-state index in [-0.39, 0.29) is 34.1 Å². The lowest BCUT2D eigenvalue weighted by Crippen LogP contribution is -2.43. The van der Waals surface area contributed by atoms with Gasteiger partial charge in [-0.2, -0.15) is 0 Å². The lowest BCUT2D eigenvalue weighted by atomic mass is 10.0. The zero-order valence-electron chi connectivity index (χ0n) is 27.3. The first-order valence-corrected chi connectivity index (χ1v) is 16.4. The molecule has 0 unspecified atom stereocenters. The molecule has 2 heterocycles. The third-order valence-electron chi connectivity index (χ3n) is 6.89. The van der Waals surface area contributed by atoms with Crippen molar-refractivity contribution in [3.63, 3.8) is 0 Å². The van der Waals surface area contributed by atoms with Gasteiger partial charge in [0, 0.05) is 54.9 Å². The number of thiophene rings is 1. The number of carbonyl (C=O) groups is 2. The van der Waals surface area contributed by atoms with Crippen molar-refractivity contribution >= 4 is 28.6 Å². The van der Waals surface area contributed by atoms with E-state index in [2.05, 4.69) is 66.7 Å². The van der Waals surface area contributed by atoms with Crippen molar-refractivity contribution in [2.24, 2.45) is 0 Å². The number of nitrogen functional groups attached to an aromatic ring is 1. The van der Waals surface area contributed by atoms with Gasteiger partial charge in [0.1, 0.15) is 11.5 Å². The lowest BCUT2D eigenvalue weighted by Gasteiger charge is -2.27. The zero-order chi connectivity index (χ0) is 32.2. The quantitative estimate of drug-likeness (QED) is 0.126. The summed E-state index contributed by atoms with van der Waals surface area (Å²) in [4.78, 5) is 26.1. The van der Waals surface area contributed by atoms with Crippen LogP contribution in [0.15, 0.2) is 47.8 Å². The molecule has 0 bridgehead atoms. The van der Waals surface area contributed by atoms with E-state index < -0.39 is 0 Å². The second-order valence-electron chi connectivity index (χ2n) is 9.93. The van der Waals surface area contributed by atoms with Crippen LogP contribution >= 0.6 is 11.3 Å². The van der Waals surface area contributed by atoms with Crippen LogP contribution in [0.3, 0.4) is 0 Å². The first-order chi connectivity index (χ1) is 20.7. The van der Waals surface area contributed by atoms with Crippen molar-refractivity contribution in [3.05, 3.63) is 75.0 Å². The third-order valence-corrected chi connectivity index (χ3v) is 7.91. The van der Waals surface area contributed by atoms with Crippen molar-refractivity contribution in [1.29, 1.82) is 0 Å². The van der Waals surface area contributed by atoms with Crippen LogP contribution < -0.4 is 15.8 Å². The highest BCUT2D eigenvalue weighted by Gasteiger charge is 2.13. The molecule has 43 heavy (non-hydrogen) atoms. The molecule has 0 aliphatic carbocycles. The molecular formula is C35H53N3O4S. The molecule has 1 aliphatic rings. The molecule has 0 atom stereocenters. The molecule has 0 radical (unpaired) electrons. The number of ether oxygens (including phenoxy) is 1. The van der Waals surface area contributed by atoms with Gasteiger partial charge in [0.25, 0.3) is 0 Å². The van der Waals surface area contributed by atoms with Gasteiger partial charge in [0.2, 0.25) is 0 Å². The molecule has 1 aliphatic heterocycles. The highest BCUT2D eigenvalue weighted by Crippen LogP contribution is 2.25. The van der Waals surface area contributed by atoms with Crippen molar-refractivity contribution < 1.29 is 19.4 Å². The van der Waals surface area contributed by atoms with Crippen LogP contribution in [0.1, 0.15) is 91.6 Å². The van der Waals surface area contributed by atoms with Gasteiger partial charge in [-0.25, -0.2) is 0 Å². The molecule has 4 rings (SSSR count). The molecule has 0 amide bonds. The minimum atomic E-state index is -0.301. The van der Waals surface area contributed by atoms with E-state index in [0.29, 0.717) is 0 Å². The molecule has 2 aromatic carbocycles. The minimum Gasteiger partial charge on any atom is -0.507 e. The smallest absolute Gasteiger partial charge is 0.163 e. The third kappa shape index (κ3) is 13.8. The van der Waals surface area contributed by atoms with E-state index in [9.17, 15) is 14.7 Å². The summed E-state index contributed by atoms with van der Waals surface area (Å²) in [5.41, 5.74) is 8.92. The maximum Gasteiger partial charge on any atom is 0.163 e. The molecule has 4 N–H and O–H groups in total. The Labute approximate surface area is 263 Å². The molecule has 238 valence electrons. The van der Waals surface area contributed by atoms with Crippen LogP contribution in [0.2, 0.25) is 0 Å². The number of phenolic OH excluding ortho intramolecular Hbond substituents is 1. The largest absolute Gasteiger partial charge is 0.507 e. The standard InChI is InChI=1S/C17H28N2O.C10H11NO3.C6H8S.C2H6/c1-3-15-6-7-17(14-16(15)4-2)20-13-5-10-19-11-8-18-9-12-19;1-5(12)7-3-8(6(2)13)10(14)4-9(7)11;1-2-6-4-3-5-7-6;1-2/h6-7,14,18H,3-5,8-13H2,1-2H3;3-4,14H,11H2,1-2H3;3-5H,2H2,1H3;1-2H3. The Bertz CT molecular complexity index is 1190. The van der Waals surface area contributed by atoms with Gasteiger partial charge in [0.15, 0.2) is 11.6 Å². The fraction of sp³-hybridized carbons (Fsp3) is 0.486. The van der Waals surface area contributed by atoms with Crippen LogP contribution in [0.5, 0.6) is 11.5 Å². The average Bonchev–Trinajstić information content (AvgIpc) is 3.55. The maximum atomic E-state index is 11.1. The van der Waals surface area contributed by atoms with Crippen LogP contribution in [-0.4, -0.2) is 60.9 Å². The predicted octanol–water partition coefficient (Wildman–Crippen LogP) is 7.20. The second-order valence-corrected chi connectivity index (χ2v) is 11.0. The van der Waals surface area contributed by atoms with Gasteiger partial charge in [-0.15, -0.1) is 11.3 Å². The topological polar surface area (TPSA) is 105 Å². The fourth-order valence-electron chi connectivity index (χ4n) is 4.48. The number of carbonyl (C=O) groups excluding carboxylic acids is 2. The van der Waals surface area contributed by atoms with Crippen LogP contribution in [0, 0.1) is 0 Å². The molecular weight excluding hydrogens is 558 g/mol. The van der Waals surface area contributed by atoms with Crippen molar-refractivity contribution in [3.8, 4) is 11.5 Å². The van der Waals surface area contributed by atoms with Crippen LogP contribution in [-0.2, 0) is 19.3 Å². The average molecular weight is 612 g/mol. The SMILES string of the molecule is CC.CC(=O)c1cc(C(C)=O)c(O)cc1N.CCc1ccc(OCCCN2CCNCC2)cc1CC.CCc1cccs1. The van der Waals surface area contributed by atoms with Gasteiger partial charge in [0.05, 0.1) is 12.2 Å². The first kappa shape index (κ1) is 37.8. The summed E-state index contributed by atoms with van der Waals surface area (Å²) in [6, 6.07) is 13.3. The molecule has 0 spiro atoms. The van der Waals surface area contributed by atoms with Gasteiger partial charge >= 0.3 is 0 Å². The van der Waals surface area contributed by atoms with Crippen LogP contribution in [0.4, 0.5) is 5.69 Å². The number of aryl methyl sites for hydroxylation is 3. The molecule has 3 aromatic rings. The maximum absolute atomic E-state index is 11.1. The van der Waals surface area contributed by atoms with E-state index in [1.807, 2.05) is 25.2 Å². The van der Waals surface area contributed by atoms with Gasteiger partial charge in [-0.05, 0) is 80.3 Å². The predicted molar refractivity (Wildman–Crippen MR) is 182 cm³/mol. The highest BCUT2D eigenvalue weighted by molar-refractivity contribution is 7.09. The number of hydrogen-bond donors (Lipinski definition) is 3. The molecule has 1 aromatic heterocycles. The van der Waals surface area contributed by atoms with E-state index in [1.54, 1.807) is 0 Å².